The van der Waals surface area contributed by atoms with E-state index in [4.69, 9.17) is 5.73 Å². The summed E-state index contributed by atoms with van der Waals surface area (Å²) < 4.78 is 0. The molecule has 0 spiro atoms. The number of hydrogen-bond acceptors (Lipinski definition) is 3. The highest BCUT2D eigenvalue weighted by Crippen LogP contribution is 2.19. The van der Waals surface area contributed by atoms with E-state index in [9.17, 15) is 4.79 Å². The molecule has 1 aliphatic heterocycles. The molecular weight excluding hydrogens is 262 g/mol. The lowest BCUT2D eigenvalue weighted by molar-refractivity contribution is -0.125. The predicted molar refractivity (Wildman–Crippen MR) is 85.8 cm³/mol. The number of nitrogens with one attached hydrogen (secondary N) is 1. The second kappa shape index (κ2) is 7.57. The van der Waals surface area contributed by atoms with E-state index in [1.807, 2.05) is 37.3 Å². The molecule has 1 fully saturated rings. The maximum atomic E-state index is 12.3. The molecule has 0 saturated carbocycles. The fourth-order valence-electron chi connectivity index (χ4n) is 2.90. The second-order valence-electron chi connectivity index (χ2n) is 6.14. The van der Waals surface area contributed by atoms with Crippen molar-refractivity contribution in [3.05, 3.63) is 35.9 Å². The molecule has 1 aliphatic rings. The van der Waals surface area contributed by atoms with Crippen LogP contribution in [0, 0.1) is 5.92 Å². The molecule has 1 saturated heterocycles. The molecule has 0 radical (unpaired) electrons. The number of carbonyl (C=O) groups is 1. The zero-order valence-electron chi connectivity index (χ0n) is 13.1. The Morgan fingerprint density at radius 1 is 1.24 bits per heavy atom. The lowest BCUT2D eigenvalue weighted by Gasteiger charge is -2.25. The van der Waals surface area contributed by atoms with Crippen molar-refractivity contribution in [3.63, 3.8) is 0 Å². The van der Waals surface area contributed by atoms with Crippen LogP contribution in [0.5, 0.6) is 0 Å². The van der Waals surface area contributed by atoms with Gasteiger partial charge in [-0.3, -0.25) is 4.79 Å². The highest BCUT2D eigenvalue weighted by atomic mass is 16.2. The summed E-state index contributed by atoms with van der Waals surface area (Å²) in [5, 5.41) is 3.10. The molecule has 2 rings (SSSR count). The van der Waals surface area contributed by atoms with Gasteiger partial charge in [0, 0.05) is 18.6 Å². The maximum Gasteiger partial charge on any atom is 0.224 e. The Labute approximate surface area is 127 Å². The first kappa shape index (κ1) is 16.0. The fourth-order valence-corrected chi connectivity index (χ4v) is 2.90. The second-order valence-corrected chi connectivity index (χ2v) is 6.14. The molecule has 0 bridgehead atoms. The third-order valence-electron chi connectivity index (χ3n) is 4.26. The highest BCUT2D eigenvalue weighted by Gasteiger charge is 2.24. The number of amides is 1. The number of hydrogen-bond donors (Lipinski definition) is 2. The van der Waals surface area contributed by atoms with Gasteiger partial charge >= 0.3 is 0 Å². The summed E-state index contributed by atoms with van der Waals surface area (Å²) in [7, 11) is 0. The first-order valence-electron chi connectivity index (χ1n) is 7.91. The molecular formula is C17H27N3O. The molecule has 116 valence electrons. The fraction of sp³-hybridized carbons (Fsp3) is 0.588. The Balaban J connectivity index is 1.84. The third-order valence-corrected chi connectivity index (χ3v) is 4.26. The van der Waals surface area contributed by atoms with E-state index < -0.39 is 0 Å². The van der Waals surface area contributed by atoms with Crippen molar-refractivity contribution in [2.75, 3.05) is 19.6 Å². The van der Waals surface area contributed by atoms with E-state index in [0.29, 0.717) is 0 Å². The smallest absolute Gasteiger partial charge is 0.224 e. The summed E-state index contributed by atoms with van der Waals surface area (Å²) in [6, 6.07) is 9.72. The van der Waals surface area contributed by atoms with Crippen molar-refractivity contribution in [1.82, 2.24) is 10.2 Å². The first-order valence-corrected chi connectivity index (χ1v) is 7.91. The maximum absolute atomic E-state index is 12.3. The molecule has 1 aromatic rings. The van der Waals surface area contributed by atoms with Gasteiger partial charge in [0.15, 0.2) is 0 Å². The molecule has 0 aromatic heterocycles. The summed E-state index contributed by atoms with van der Waals surface area (Å²) in [6.07, 6.45) is 2.55. The number of likely N-dealkylation sites (tertiary alicyclic amines) is 1. The highest BCUT2D eigenvalue weighted by molar-refractivity contribution is 5.79. The SMILES string of the molecule is CC(CN1CCCC1)NC(=O)C(C)C(N)c1ccccc1. The van der Waals surface area contributed by atoms with Crippen LogP contribution in [-0.4, -0.2) is 36.5 Å². The minimum atomic E-state index is -0.259. The largest absolute Gasteiger partial charge is 0.352 e. The molecule has 0 aliphatic carbocycles. The number of rotatable bonds is 6. The summed E-state index contributed by atoms with van der Waals surface area (Å²) in [4.78, 5) is 14.7. The number of benzene rings is 1. The van der Waals surface area contributed by atoms with Gasteiger partial charge in [-0.1, -0.05) is 37.3 Å². The van der Waals surface area contributed by atoms with Gasteiger partial charge < -0.3 is 16.0 Å². The van der Waals surface area contributed by atoms with Crippen LogP contribution < -0.4 is 11.1 Å². The predicted octanol–water partition coefficient (Wildman–Crippen LogP) is 1.92. The zero-order valence-corrected chi connectivity index (χ0v) is 13.1. The topological polar surface area (TPSA) is 58.4 Å². The van der Waals surface area contributed by atoms with Crippen LogP contribution in [0.4, 0.5) is 0 Å². The van der Waals surface area contributed by atoms with Crippen LogP contribution in [0.25, 0.3) is 0 Å². The lowest BCUT2D eigenvalue weighted by atomic mass is 9.94. The zero-order chi connectivity index (χ0) is 15.2. The van der Waals surface area contributed by atoms with E-state index in [1.54, 1.807) is 0 Å². The van der Waals surface area contributed by atoms with Crippen LogP contribution in [0.2, 0.25) is 0 Å². The van der Waals surface area contributed by atoms with Gasteiger partial charge in [-0.25, -0.2) is 0 Å². The summed E-state index contributed by atoms with van der Waals surface area (Å²) in [5.74, 6) is -0.188. The van der Waals surface area contributed by atoms with Gasteiger partial charge in [-0.2, -0.15) is 0 Å². The average molecular weight is 289 g/mol. The quantitative estimate of drug-likeness (QED) is 0.841. The molecule has 1 heterocycles. The molecule has 4 nitrogen and oxygen atoms in total. The molecule has 3 unspecified atom stereocenters. The van der Waals surface area contributed by atoms with E-state index in [1.165, 1.54) is 12.8 Å². The minimum absolute atomic E-state index is 0.0399. The van der Waals surface area contributed by atoms with E-state index in [2.05, 4.69) is 17.1 Å². The number of nitrogens with zero attached hydrogens (tertiary/aromatic N) is 1. The van der Waals surface area contributed by atoms with E-state index in [0.717, 1.165) is 25.2 Å². The molecule has 4 heteroatoms. The Morgan fingerprint density at radius 2 is 1.86 bits per heavy atom. The molecule has 1 aromatic carbocycles. The normalized spacial score (nSPS) is 20.0. The minimum Gasteiger partial charge on any atom is -0.352 e. The van der Waals surface area contributed by atoms with Crippen LogP contribution >= 0.6 is 0 Å². The van der Waals surface area contributed by atoms with Gasteiger partial charge in [-0.15, -0.1) is 0 Å². The van der Waals surface area contributed by atoms with Gasteiger partial charge in [0.1, 0.15) is 0 Å². The third kappa shape index (κ3) is 4.55. The Hall–Kier alpha value is -1.39. The van der Waals surface area contributed by atoms with E-state index >= 15 is 0 Å². The number of nitrogens with two attached hydrogens (primary N) is 1. The van der Waals surface area contributed by atoms with Crippen LogP contribution in [0.1, 0.15) is 38.3 Å². The Kier molecular flexibility index (Phi) is 5.76. The van der Waals surface area contributed by atoms with Crippen molar-refractivity contribution < 1.29 is 4.79 Å². The lowest BCUT2D eigenvalue weighted by Crippen LogP contribution is -2.45. The van der Waals surface area contributed by atoms with Gasteiger partial charge in [0.05, 0.1) is 5.92 Å². The van der Waals surface area contributed by atoms with Crippen LogP contribution in [0.3, 0.4) is 0 Å². The van der Waals surface area contributed by atoms with Gasteiger partial charge in [0.2, 0.25) is 5.91 Å². The standard InChI is InChI=1S/C17H27N3O/c1-13(12-20-10-6-7-11-20)19-17(21)14(2)16(18)15-8-4-3-5-9-15/h3-5,8-9,13-14,16H,6-7,10-12,18H2,1-2H3,(H,19,21). The molecule has 1 amide bonds. The van der Waals surface area contributed by atoms with E-state index in [-0.39, 0.29) is 23.9 Å². The van der Waals surface area contributed by atoms with Gasteiger partial charge in [-0.05, 0) is 38.4 Å². The first-order chi connectivity index (χ1) is 10.1. The Morgan fingerprint density at radius 3 is 2.48 bits per heavy atom. The Bertz CT molecular complexity index is 443. The van der Waals surface area contributed by atoms with Crippen LogP contribution in [-0.2, 0) is 4.79 Å². The van der Waals surface area contributed by atoms with Crippen molar-refractivity contribution in [3.8, 4) is 0 Å². The number of carbonyl (C=O) groups excluding carboxylic acids is 1. The molecule has 21 heavy (non-hydrogen) atoms. The van der Waals surface area contributed by atoms with Crippen molar-refractivity contribution in [2.24, 2.45) is 11.7 Å². The van der Waals surface area contributed by atoms with Gasteiger partial charge in [0.25, 0.3) is 0 Å². The summed E-state index contributed by atoms with van der Waals surface area (Å²) >= 11 is 0. The molecule has 3 N–H and O–H groups in total. The van der Waals surface area contributed by atoms with Crippen molar-refractivity contribution >= 4 is 5.91 Å². The van der Waals surface area contributed by atoms with Crippen molar-refractivity contribution in [1.29, 1.82) is 0 Å². The van der Waals surface area contributed by atoms with Crippen molar-refractivity contribution in [2.45, 2.75) is 38.8 Å². The summed E-state index contributed by atoms with van der Waals surface area (Å²) in [6.45, 7) is 7.20. The molecule has 3 atom stereocenters. The average Bonchev–Trinajstić information content (AvgIpc) is 2.99. The monoisotopic (exact) mass is 289 g/mol. The van der Waals surface area contributed by atoms with Crippen LogP contribution in [0.15, 0.2) is 30.3 Å². The summed E-state index contributed by atoms with van der Waals surface area (Å²) in [5.41, 5.74) is 7.21.